The first-order valence-corrected chi connectivity index (χ1v) is 10.4. The second-order valence-electron chi connectivity index (χ2n) is 7.66. The van der Waals surface area contributed by atoms with Crippen molar-refractivity contribution < 1.29 is 14.5 Å². The molecule has 0 spiro atoms. The molecule has 1 aromatic heterocycles. The second kappa shape index (κ2) is 9.37. The Balaban J connectivity index is 1.56. The Bertz CT molecular complexity index is 1380. The standard InChI is InChI=1S/C25H21N5O4/c1-16-8-9-19(15-22(16)26-24(31)18-6-4-3-5-7-18)25(32)27-23-14-17(2)28-29(23)20-10-12-21(13-11-20)30(33)34/h3-15H,1-2H3,(H,26,31)(H,27,32). The molecule has 0 saturated carbocycles. The average Bonchev–Trinajstić information content (AvgIpc) is 3.20. The third-order valence-corrected chi connectivity index (χ3v) is 5.16. The van der Waals surface area contributed by atoms with Crippen molar-refractivity contribution in [2.75, 3.05) is 10.6 Å². The van der Waals surface area contributed by atoms with Crippen LogP contribution in [0.3, 0.4) is 0 Å². The SMILES string of the molecule is Cc1cc(NC(=O)c2ccc(C)c(NC(=O)c3ccccc3)c2)n(-c2ccc([N+](=O)[O-])cc2)n1. The van der Waals surface area contributed by atoms with Crippen molar-refractivity contribution in [2.45, 2.75) is 13.8 Å². The number of anilines is 2. The van der Waals surface area contributed by atoms with Crippen molar-refractivity contribution in [3.63, 3.8) is 0 Å². The normalized spacial score (nSPS) is 10.5. The van der Waals surface area contributed by atoms with Crippen molar-refractivity contribution in [1.29, 1.82) is 0 Å². The molecule has 9 heteroatoms. The van der Waals surface area contributed by atoms with Crippen LogP contribution < -0.4 is 10.6 Å². The van der Waals surface area contributed by atoms with Gasteiger partial charge >= 0.3 is 0 Å². The minimum absolute atomic E-state index is 0.0389. The molecule has 0 aliphatic rings. The van der Waals surface area contributed by atoms with Crippen molar-refractivity contribution in [1.82, 2.24) is 9.78 Å². The van der Waals surface area contributed by atoms with E-state index in [1.807, 2.05) is 13.0 Å². The van der Waals surface area contributed by atoms with E-state index in [2.05, 4.69) is 15.7 Å². The van der Waals surface area contributed by atoms with Gasteiger partial charge in [-0.1, -0.05) is 24.3 Å². The van der Waals surface area contributed by atoms with Crippen LogP contribution in [0.25, 0.3) is 5.69 Å². The predicted octanol–water partition coefficient (Wildman–Crippen LogP) is 4.90. The fourth-order valence-electron chi connectivity index (χ4n) is 3.37. The molecule has 4 aromatic rings. The zero-order chi connectivity index (χ0) is 24.2. The van der Waals surface area contributed by atoms with Crippen LogP contribution in [-0.2, 0) is 0 Å². The molecule has 0 aliphatic heterocycles. The number of rotatable bonds is 6. The van der Waals surface area contributed by atoms with E-state index in [-0.39, 0.29) is 11.6 Å². The Hall–Kier alpha value is -4.79. The molecule has 1 heterocycles. The highest BCUT2D eigenvalue weighted by molar-refractivity contribution is 6.07. The van der Waals surface area contributed by atoms with Crippen LogP contribution >= 0.6 is 0 Å². The van der Waals surface area contributed by atoms with Gasteiger partial charge in [0, 0.05) is 35.0 Å². The lowest BCUT2D eigenvalue weighted by molar-refractivity contribution is -0.384. The van der Waals surface area contributed by atoms with Gasteiger partial charge in [0.05, 0.1) is 16.3 Å². The summed E-state index contributed by atoms with van der Waals surface area (Å²) in [6, 6.07) is 21.4. The second-order valence-corrected chi connectivity index (χ2v) is 7.66. The number of nitrogens with zero attached hydrogens (tertiary/aromatic N) is 3. The van der Waals surface area contributed by atoms with Gasteiger partial charge in [-0.3, -0.25) is 19.7 Å². The molecule has 0 fully saturated rings. The minimum Gasteiger partial charge on any atom is -0.322 e. The van der Waals surface area contributed by atoms with Gasteiger partial charge in [0.1, 0.15) is 5.82 Å². The Morgan fingerprint density at radius 2 is 1.53 bits per heavy atom. The van der Waals surface area contributed by atoms with Crippen LogP contribution in [0.15, 0.2) is 78.9 Å². The lowest BCUT2D eigenvalue weighted by atomic mass is 10.1. The summed E-state index contributed by atoms with van der Waals surface area (Å²) in [5.74, 6) is -0.252. The summed E-state index contributed by atoms with van der Waals surface area (Å²) in [7, 11) is 0. The number of nitro groups is 1. The van der Waals surface area contributed by atoms with Gasteiger partial charge in [-0.2, -0.15) is 5.10 Å². The molecule has 0 saturated heterocycles. The van der Waals surface area contributed by atoms with Gasteiger partial charge in [-0.05, 0) is 55.8 Å². The van der Waals surface area contributed by atoms with Crippen molar-refractivity contribution in [3.05, 3.63) is 111 Å². The van der Waals surface area contributed by atoms with E-state index in [1.165, 1.54) is 16.8 Å². The summed E-state index contributed by atoms with van der Waals surface area (Å²) in [5, 5.41) is 21.0. The third-order valence-electron chi connectivity index (χ3n) is 5.16. The van der Waals surface area contributed by atoms with E-state index < -0.39 is 10.8 Å². The first-order chi connectivity index (χ1) is 16.3. The lowest BCUT2D eigenvalue weighted by Crippen LogP contribution is -2.17. The van der Waals surface area contributed by atoms with Gasteiger partial charge in [-0.25, -0.2) is 4.68 Å². The van der Waals surface area contributed by atoms with Gasteiger partial charge in [0.25, 0.3) is 17.5 Å². The van der Waals surface area contributed by atoms with Gasteiger partial charge in [0.2, 0.25) is 0 Å². The number of nitro benzene ring substituents is 1. The number of carbonyl (C=O) groups is 2. The van der Waals surface area contributed by atoms with E-state index in [0.717, 1.165) is 5.56 Å². The molecule has 2 N–H and O–H groups in total. The van der Waals surface area contributed by atoms with E-state index in [4.69, 9.17) is 0 Å². The molecule has 9 nitrogen and oxygen atoms in total. The van der Waals surface area contributed by atoms with Gasteiger partial charge in [-0.15, -0.1) is 0 Å². The van der Waals surface area contributed by atoms with Crippen molar-refractivity contribution >= 4 is 29.0 Å². The number of aromatic nitrogens is 2. The smallest absolute Gasteiger partial charge is 0.269 e. The fraction of sp³-hybridized carbons (Fsp3) is 0.0800. The number of benzene rings is 3. The number of hydrogen-bond donors (Lipinski definition) is 2. The Kier molecular flexibility index (Phi) is 6.18. The highest BCUT2D eigenvalue weighted by Gasteiger charge is 2.15. The third kappa shape index (κ3) is 4.83. The fourth-order valence-corrected chi connectivity index (χ4v) is 3.37. The number of aryl methyl sites for hydroxylation is 2. The van der Waals surface area contributed by atoms with E-state index in [9.17, 15) is 19.7 Å². The Labute approximate surface area is 195 Å². The summed E-state index contributed by atoms with van der Waals surface area (Å²) < 4.78 is 1.50. The largest absolute Gasteiger partial charge is 0.322 e. The summed E-state index contributed by atoms with van der Waals surface area (Å²) >= 11 is 0. The van der Waals surface area contributed by atoms with Crippen LogP contribution in [0.5, 0.6) is 0 Å². The monoisotopic (exact) mass is 455 g/mol. The van der Waals surface area contributed by atoms with Crippen LogP contribution in [0.1, 0.15) is 32.0 Å². The van der Waals surface area contributed by atoms with Crippen LogP contribution in [0, 0.1) is 24.0 Å². The molecule has 0 aliphatic carbocycles. The van der Waals surface area contributed by atoms with Crippen LogP contribution in [0.2, 0.25) is 0 Å². The molecule has 170 valence electrons. The highest BCUT2D eigenvalue weighted by Crippen LogP contribution is 2.22. The Morgan fingerprint density at radius 3 is 2.21 bits per heavy atom. The number of nitrogens with one attached hydrogen (secondary N) is 2. The summed E-state index contributed by atoms with van der Waals surface area (Å²) in [6.45, 7) is 3.62. The minimum atomic E-state index is -0.480. The topological polar surface area (TPSA) is 119 Å². The predicted molar refractivity (Wildman–Crippen MR) is 128 cm³/mol. The van der Waals surface area contributed by atoms with E-state index >= 15 is 0 Å². The van der Waals surface area contributed by atoms with Gasteiger partial charge < -0.3 is 10.6 Å². The average molecular weight is 455 g/mol. The lowest BCUT2D eigenvalue weighted by Gasteiger charge is -2.12. The zero-order valence-corrected chi connectivity index (χ0v) is 18.5. The van der Waals surface area contributed by atoms with Crippen molar-refractivity contribution in [3.8, 4) is 5.69 Å². The molecule has 34 heavy (non-hydrogen) atoms. The maximum Gasteiger partial charge on any atom is 0.269 e. The number of hydrogen-bond acceptors (Lipinski definition) is 5. The zero-order valence-electron chi connectivity index (χ0n) is 18.5. The molecular formula is C25H21N5O4. The number of non-ortho nitro benzene ring substituents is 1. The van der Waals surface area contributed by atoms with Crippen LogP contribution in [-0.4, -0.2) is 26.5 Å². The molecule has 0 bridgehead atoms. The molecule has 0 radical (unpaired) electrons. The first kappa shape index (κ1) is 22.4. The maximum atomic E-state index is 13.0. The maximum absolute atomic E-state index is 13.0. The Morgan fingerprint density at radius 1 is 0.853 bits per heavy atom. The summed E-state index contributed by atoms with van der Waals surface area (Å²) in [5.41, 5.74) is 3.39. The quantitative estimate of drug-likeness (QED) is 0.316. The highest BCUT2D eigenvalue weighted by atomic mass is 16.6. The van der Waals surface area contributed by atoms with Gasteiger partial charge in [0.15, 0.2) is 0 Å². The molecule has 4 rings (SSSR count). The number of carbonyl (C=O) groups excluding carboxylic acids is 2. The summed E-state index contributed by atoms with van der Waals surface area (Å²) in [6.07, 6.45) is 0. The number of amides is 2. The molecule has 0 atom stereocenters. The van der Waals surface area contributed by atoms with E-state index in [1.54, 1.807) is 67.6 Å². The van der Waals surface area contributed by atoms with E-state index in [0.29, 0.717) is 34.0 Å². The molecule has 3 aromatic carbocycles. The first-order valence-electron chi connectivity index (χ1n) is 10.4. The summed E-state index contributed by atoms with van der Waals surface area (Å²) in [4.78, 5) is 36.0. The molecular weight excluding hydrogens is 434 g/mol. The molecule has 2 amide bonds. The van der Waals surface area contributed by atoms with Crippen LogP contribution in [0.4, 0.5) is 17.2 Å². The van der Waals surface area contributed by atoms with Crippen molar-refractivity contribution in [2.24, 2.45) is 0 Å². The molecule has 0 unspecified atom stereocenters.